The minimum Gasteiger partial charge on any atom is -0.508 e. The standard InChI is InChI=1S/C27H40O3/c1-16-13-18(28)14-17-15-21-26(5)10-7-19-24(2,3)22(29)9-11-25(19,4)20(26)8-12-27(21,6)30-23(16)17/h13-14,19-22,28-29H,7-12,15H2,1-6H3/t19-,20+,21-,22+,25-,26+,27+/m0/s1. The van der Waals surface area contributed by atoms with Gasteiger partial charge in [0.15, 0.2) is 0 Å². The second-order valence-corrected chi connectivity index (χ2v) is 12.5. The average molecular weight is 413 g/mol. The summed E-state index contributed by atoms with van der Waals surface area (Å²) in [6.45, 7) is 14.1. The molecular formula is C27H40O3. The highest BCUT2D eigenvalue weighted by atomic mass is 16.5. The normalized spacial score (nSPS) is 46.6. The number of phenols is 1. The van der Waals surface area contributed by atoms with E-state index in [1.165, 1.54) is 24.8 Å². The molecule has 5 rings (SSSR count). The second-order valence-electron chi connectivity index (χ2n) is 12.5. The third kappa shape index (κ3) is 2.54. The van der Waals surface area contributed by atoms with Crippen LogP contribution in [0.25, 0.3) is 0 Å². The number of fused-ring (bicyclic) bond motifs is 6. The Morgan fingerprint density at radius 1 is 0.867 bits per heavy atom. The molecule has 1 aromatic rings. The van der Waals surface area contributed by atoms with Crippen molar-refractivity contribution in [3.05, 3.63) is 23.3 Å². The molecule has 3 saturated carbocycles. The number of hydrogen-bond acceptors (Lipinski definition) is 3. The zero-order chi connectivity index (χ0) is 21.7. The molecule has 3 fully saturated rings. The van der Waals surface area contributed by atoms with E-state index in [4.69, 9.17) is 4.74 Å². The molecule has 4 aliphatic rings. The molecule has 0 amide bonds. The number of benzene rings is 1. The topological polar surface area (TPSA) is 49.7 Å². The molecule has 0 saturated heterocycles. The van der Waals surface area contributed by atoms with Crippen molar-refractivity contribution >= 4 is 0 Å². The van der Waals surface area contributed by atoms with Crippen molar-refractivity contribution in [3.63, 3.8) is 0 Å². The Labute approximate surface area is 182 Å². The van der Waals surface area contributed by atoms with Gasteiger partial charge < -0.3 is 14.9 Å². The lowest BCUT2D eigenvalue weighted by atomic mass is 9.37. The van der Waals surface area contributed by atoms with Crippen LogP contribution >= 0.6 is 0 Å². The van der Waals surface area contributed by atoms with E-state index in [9.17, 15) is 10.2 Å². The molecule has 0 aromatic heterocycles. The highest BCUT2D eigenvalue weighted by molar-refractivity contribution is 5.48. The van der Waals surface area contributed by atoms with Crippen molar-refractivity contribution in [2.45, 2.75) is 98.2 Å². The first-order chi connectivity index (χ1) is 13.9. The van der Waals surface area contributed by atoms with Crippen LogP contribution in [-0.2, 0) is 6.42 Å². The smallest absolute Gasteiger partial charge is 0.126 e. The van der Waals surface area contributed by atoms with Gasteiger partial charge in [0.05, 0.1) is 6.10 Å². The summed E-state index contributed by atoms with van der Waals surface area (Å²) in [4.78, 5) is 0. The molecule has 0 unspecified atom stereocenters. The Hall–Kier alpha value is -1.22. The highest BCUT2D eigenvalue weighted by Gasteiger charge is 2.66. The summed E-state index contributed by atoms with van der Waals surface area (Å²) in [5, 5.41) is 21.0. The maximum absolute atomic E-state index is 10.8. The van der Waals surface area contributed by atoms with Gasteiger partial charge in [-0.1, -0.05) is 27.7 Å². The number of aromatic hydroxyl groups is 1. The number of rotatable bonds is 0. The van der Waals surface area contributed by atoms with Crippen LogP contribution in [0, 0.1) is 40.9 Å². The first-order valence-electron chi connectivity index (χ1n) is 12.1. The molecule has 3 nitrogen and oxygen atoms in total. The van der Waals surface area contributed by atoms with Crippen LogP contribution in [0.3, 0.4) is 0 Å². The van der Waals surface area contributed by atoms with Gasteiger partial charge in [0.1, 0.15) is 17.1 Å². The summed E-state index contributed by atoms with van der Waals surface area (Å²) in [6.07, 6.45) is 7.63. The molecule has 1 aromatic carbocycles. The lowest BCUT2D eigenvalue weighted by Crippen LogP contribution is -2.66. The van der Waals surface area contributed by atoms with Gasteiger partial charge in [0.2, 0.25) is 0 Å². The maximum Gasteiger partial charge on any atom is 0.126 e. The molecular weight excluding hydrogens is 372 g/mol. The zero-order valence-corrected chi connectivity index (χ0v) is 19.7. The van der Waals surface area contributed by atoms with Gasteiger partial charge in [-0.05, 0) is 110 Å². The van der Waals surface area contributed by atoms with E-state index < -0.39 is 0 Å². The quantitative estimate of drug-likeness (QED) is 0.547. The predicted octanol–water partition coefficient (Wildman–Crippen LogP) is 6.02. The van der Waals surface area contributed by atoms with Crippen LogP contribution in [-0.4, -0.2) is 21.9 Å². The number of ether oxygens (including phenoxy) is 1. The Morgan fingerprint density at radius 2 is 1.50 bits per heavy atom. The fraction of sp³-hybridized carbons (Fsp3) is 0.778. The Bertz CT molecular complexity index is 875. The van der Waals surface area contributed by atoms with Crippen molar-refractivity contribution in [3.8, 4) is 11.5 Å². The lowest BCUT2D eigenvalue weighted by molar-refractivity contribution is -0.223. The summed E-state index contributed by atoms with van der Waals surface area (Å²) >= 11 is 0. The molecule has 0 spiro atoms. The van der Waals surface area contributed by atoms with Crippen LogP contribution in [0.2, 0.25) is 0 Å². The van der Waals surface area contributed by atoms with Crippen molar-refractivity contribution in [1.29, 1.82) is 0 Å². The molecule has 2 N–H and O–H groups in total. The number of aliphatic hydroxyl groups is 1. The average Bonchev–Trinajstić information content (AvgIpc) is 2.64. The molecule has 0 radical (unpaired) electrons. The predicted molar refractivity (Wildman–Crippen MR) is 120 cm³/mol. The minimum absolute atomic E-state index is 0.00630. The van der Waals surface area contributed by atoms with E-state index in [1.807, 2.05) is 12.1 Å². The van der Waals surface area contributed by atoms with Gasteiger partial charge in [0.25, 0.3) is 0 Å². The number of aliphatic hydroxyl groups excluding tert-OH is 1. The molecule has 3 heteroatoms. The molecule has 0 bridgehead atoms. The zero-order valence-electron chi connectivity index (χ0n) is 19.7. The Morgan fingerprint density at radius 3 is 2.23 bits per heavy atom. The SMILES string of the molecule is Cc1cc(O)cc2c1O[C@]1(C)CC[C@@H]3[C@@]4(C)CC[C@@H](O)C(C)(C)[C@@H]4CC[C@@]3(C)[C@@H]1C2. The van der Waals surface area contributed by atoms with Crippen LogP contribution < -0.4 is 4.74 Å². The van der Waals surface area contributed by atoms with Crippen LogP contribution in [0.5, 0.6) is 11.5 Å². The Balaban J connectivity index is 1.56. The fourth-order valence-corrected chi connectivity index (χ4v) is 9.11. The van der Waals surface area contributed by atoms with E-state index >= 15 is 0 Å². The van der Waals surface area contributed by atoms with Gasteiger partial charge in [-0.3, -0.25) is 0 Å². The summed E-state index contributed by atoms with van der Waals surface area (Å²) < 4.78 is 6.80. The largest absolute Gasteiger partial charge is 0.508 e. The highest BCUT2D eigenvalue weighted by Crippen LogP contribution is 2.70. The van der Waals surface area contributed by atoms with E-state index in [2.05, 4.69) is 41.5 Å². The molecule has 166 valence electrons. The maximum atomic E-state index is 10.8. The summed E-state index contributed by atoms with van der Waals surface area (Å²) in [5.74, 6) is 3.08. The molecule has 1 heterocycles. The fourth-order valence-electron chi connectivity index (χ4n) is 9.11. The Kier molecular flexibility index (Phi) is 4.26. The summed E-state index contributed by atoms with van der Waals surface area (Å²) in [5.41, 5.74) is 2.61. The van der Waals surface area contributed by atoms with Gasteiger partial charge in [0, 0.05) is 5.92 Å². The van der Waals surface area contributed by atoms with Crippen LogP contribution in [0.1, 0.15) is 84.3 Å². The van der Waals surface area contributed by atoms with E-state index in [0.29, 0.717) is 23.5 Å². The van der Waals surface area contributed by atoms with Gasteiger partial charge >= 0.3 is 0 Å². The molecule has 3 aliphatic carbocycles. The third-order valence-electron chi connectivity index (χ3n) is 10.6. The monoisotopic (exact) mass is 412 g/mol. The lowest BCUT2D eigenvalue weighted by Gasteiger charge is -2.69. The van der Waals surface area contributed by atoms with Crippen molar-refractivity contribution < 1.29 is 14.9 Å². The minimum atomic E-state index is -0.176. The van der Waals surface area contributed by atoms with E-state index in [0.717, 1.165) is 37.0 Å². The number of hydrogen-bond donors (Lipinski definition) is 2. The van der Waals surface area contributed by atoms with E-state index in [1.54, 1.807) is 0 Å². The first-order valence-corrected chi connectivity index (χ1v) is 12.1. The molecule has 7 atom stereocenters. The van der Waals surface area contributed by atoms with Crippen LogP contribution in [0.15, 0.2) is 12.1 Å². The molecule has 30 heavy (non-hydrogen) atoms. The van der Waals surface area contributed by atoms with Gasteiger partial charge in [-0.25, -0.2) is 0 Å². The summed E-state index contributed by atoms with van der Waals surface area (Å²) in [7, 11) is 0. The van der Waals surface area contributed by atoms with Crippen molar-refractivity contribution in [2.75, 3.05) is 0 Å². The van der Waals surface area contributed by atoms with Crippen LogP contribution in [0.4, 0.5) is 0 Å². The number of phenolic OH excluding ortho intramolecular Hbond substituents is 1. The van der Waals surface area contributed by atoms with E-state index in [-0.39, 0.29) is 27.9 Å². The van der Waals surface area contributed by atoms with Crippen molar-refractivity contribution in [1.82, 2.24) is 0 Å². The third-order valence-corrected chi connectivity index (χ3v) is 10.6. The molecule has 1 aliphatic heterocycles. The second kappa shape index (κ2) is 6.18. The van der Waals surface area contributed by atoms with Gasteiger partial charge in [-0.2, -0.15) is 0 Å². The summed E-state index contributed by atoms with van der Waals surface area (Å²) in [6, 6.07) is 3.76. The van der Waals surface area contributed by atoms with Crippen molar-refractivity contribution in [2.24, 2.45) is 34.0 Å². The first kappa shape index (κ1) is 20.7. The number of aryl methyl sites for hydroxylation is 1. The van der Waals surface area contributed by atoms with Gasteiger partial charge in [-0.15, -0.1) is 0 Å².